The summed E-state index contributed by atoms with van der Waals surface area (Å²) < 4.78 is 10.4. The van der Waals surface area contributed by atoms with Crippen LogP contribution >= 0.6 is 0 Å². The van der Waals surface area contributed by atoms with E-state index in [1.54, 1.807) is 36.4 Å². The summed E-state index contributed by atoms with van der Waals surface area (Å²) in [6, 6.07) is 10.2. The largest absolute Gasteiger partial charge is 0.460 e. The van der Waals surface area contributed by atoms with Crippen LogP contribution in [0.1, 0.15) is 33.8 Å². The summed E-state index contributed by atoms with van der Waals surface area (Å²) in [5.41, 5.74) is 0.726. The van der Waals surface area contributed by atoms with Gasteiger partial charge in [0.25, 0.3) is 5.91 Å². The number of esters is 1. The molecule has 1 aliphatic rings. The highest BCUT2D eigenvalue weighted by atomic mass is 16.5. The van der Waals surface area contributed by atoms with Crippen molar-refractivity contribution < 1.29 is 18.7 Å². The van der Waals surface area contributed by atoms with E-state index < -0.39 is 11.9 Å². The third-order valence-corrected chi connectivity index (χ3v) is 3.72. The number of rotatable bonds is 5. The number of hydrogen-bond donors (Lipinski definition) is 2. The quantitative estimate of drug-likeness (QED) is 0.829. The number of ether oxygens (including phenoxy) is 1. The van der Waals surface area contributed by atoms with Gasteiger partial charge >= 0.3 is 5.97 Å². The predicted molar refractivity (Wildman–Crippen MR) is 84.4 cm³/mol. The summed E-state index contributed by atoms with van der Waals surface area (Å²) in [5, 5.41) is 5.94. The number of anilines is 1. The molecule has 0 aliphatic carbocycles. The van der Waals surface area contributed by atoms with Gasteiger partial charge in [0.1, 0.15) is 6.61 Å². The Hall–Kier alpha value is -2.60. The number of para-hydroxylation sites is 1. The van der Waals surface area contributed by atoms with Gasteiger partial charge in [0, 0.05) is 6.04 Å². The Balaban J connectivity index is 1.67. The Labute approximate surface area is 133 Å². The standard InChI is InChI=1S/C17H18N2O4/c20-16(15-8-4-10-22-15)19-14-7-2-1-6-13(14)17(21)23-11-12-5-3-9-18-12/h1-2,4,6-8,10,12,18H,3,5,9,11H2,(H,19,20)/t12-/m1/s1. The zero-order valence-corrected chi connectivity index (χ0v) is 12.6. The van der Waals surface area contributed by atoms with Gasteiger partial charge in [0.05, 0.1) is 17.5 Å². The Kier molecular flexibility index (Phi) is 4.73. The molecule has 2 N–H and O–H groups in total. The number of benzene rings is 1. The molecule has 1 amide bonds. The lowest BCUT2D eigenvalue weighted by Crippen LogP contribution is -2.28. The summed E-state index contributed by atoms with van der Waals surface area (Å²) in [6.45, 7) is 1.29. The minimum Gasteiger partial charge on any atom is -0.460 e. The molecule has 0 radical (unpaired) electrons. The zero-order valence-electron chi connectivity index (χ0n) is 12.6. The van der Waals surface area contributed by atoms with E-state index in [-0.39, 0.29) is 11.8 Å². The number of carbonyl (C=O) groups excluding carboxylic acids is 2. The zero-order chi connectivity index (χ0) is 16.1. The highest BCUT2D eigenvalue weighted by Crippen LogP contribution is 2.18. The fraction of sp³-hybridized carbons (Fsp3) is 0.294. The molecule has 6 nitrogen and oxygen atoms in total. The molecule has 6 heteroatoms. The SMILES string of the molecule is O=C(Nc1ccccc1C(=O)OC[C@H]1CCCN1)c1ccco1. The minimum absolute atomic E-state index is 0.184. The molecule has 0 bridgehead atoms. The van der Waals surface area contributed by atoms with Crippen LogP contribution in [0.4, 0.5) is 5.69 Å². The van der Waals surface area contributed by atoms with E-state index in [2.05, 4.69) is 10.6 Å². The van der Waals surface area contributed by atoms with Crippen molar-refractivity contribution in [1.29, 1.82) is 0 Å². The first-order valence-electron chi connectivity index (χ1n) is 7.58. The molecular formula is C17H18N2O4. The first kappa shape index (κ1) is 15.3. The average molecular weight is 314 g/mol. The number of furan rings is 1. The molecule has 23 heavy (non-hydrogen) atoms. The molecule has 0 saturated carbocycles. The Morgan fingerprint density at radius 2 is 2.13 bits per heavy atom. The van der Waals surface area contributed by atoms with Crippen molar-refractivity contribution in [1.82, 2.24) is 5.32 Å². The maximum atomic E-state index is 12.3. The lowest BCUT2D eigenvalue weighted by Gasteiger charge is -2.13. The molecule has 1 aromatic heterocycles. The van der Waals surface area contributed by atoms with Crippen molar-refractivity contribution in [2.24, 2.45) is 0 Å². The normalized spacial score (nSPS) is 17.0. The molecule has 1 atom stereocenters. The number of amides is 1. The fourth-order valence-corrected chi connectivity index (χ4v) is 2.51. The minimum atomic E-state index is -0.450. The molecule has 1 aromatic carbocycles. The summed E-state index contributed by atoms with van der Waals surface area (Å²) in [7, 11) is 0. The van der Waals surface area contributed by atoms with Gasteiger partial charge in [-0.1, -0.05) is 12.1 Å². The summed E-state index contributed by atoms with van der Waals surface area (Å²) in [4.78, 5) is 24.3. The summed E-state index contributed by atoms with van der Waals surface area (Å²) in [5.74, 6) is -0.676. The molecule has 2 aromatic rings. The van der Waals surface area contributed by atoms with E-state index in [4.69, 9.17) is 9.15 Å². The van der Waals surface area contributed by atoms with Crippen LogP contribution in [0.2, 0.25) is 0 Å². The Morgan fingerprint density at radius 3 is 2.87 bits per heavy atom. The highest BCUT2D eigenvalue weighted by Gasteiger charge is 2.19. The molecule has 1 saturated heterocycles. The van der Waals surface area contributed by atoms with E-state index in [9.17, 15) is 9.59 Å². The number of carbonyl (C=O) groups is 2. The Morgan fingerprint density at radius 1 is 1.26 bits per heavy atom. The second-order valence-corrected chi connectivity index (χ2v) is 5.37. The topological polar surface area (TPSA) is 80.6 Å². The molecular weight excluding hydrogens is 296 g/mol. The van der Waals surface area contributed by atoms with E-state index in [0.717, 1.165) is 19.4 Å². The first-order chi connectivity index (χ1) is 11.2. The molecule has 2 heterocycles. The smallest absolute Gasteiger partial charge is 0.340 e. The van der Waals surface area contributed by atoms with Gasteiger partial charge < -0.3 is 19.8 Å². The predicted octanol–water partition coefficient (Wildman–Crippen LogP) is 2.44. The second-order valence-electron chi connectivity index (χ2n) is 5.37. The van der Waals surface area contributed by atoms with Crippen molar-refractivity contribution in [3.8, 4) is 0 Å². The molecule has 120 valence electrons. The van der Waals surface area contributed by atoms with Crippen LogP contribution in [0.5, 0.6) is 0 Å². The summed E-state index contributed by atoms with van der Waals surface area (Å²) in [6.07, 6.45) is 3.52. The van der Waals surface area contributed by atoms with Crippen molar-refractivity contribution in [3.05, 3.63) is 54.0 Å². The van der Waals surface area contributed by atoms with Crippen LogP contribution in [0.25, 0.3) is 0 Å². The van der Waals surface area contributed by atoms with E-state index in [1.807, 2.05) is 0 Å². The van der Waals surface area contributed by atoms with Crippen LogP contribution in [0, 0.1) is 0 Å². The van der Waals surface area contributed by atoms with E-state index in [1.165, 1.54) is 6.26 Å². The van der Waals surface area contributed by atoms with Gasteiger partial charge in [-0.25, -0.2) is 4.79 Å². The first-order valence-corrected chi connectivity index (χ1v) is 7.58. The maximum absolute atomic E-state index is 12.3. The molecule has 3 rings (SSSR count). The van der Waals surface area contributed by atoms with Gasteiger partial charge in [-0.05, 0) is 43.7 Å². The van der Waals surface area contributed by atoms with Crippen molar-refractivity contribution in [2.75, 3.05) is 18.5 Å². The highest BCUT2D eigenvalue weighted by molar-refractivity contribution is 6.06. The van der Waals surface area contributed by atoms with Crippen LogP contribution in [0.3, 0.4) is 0 Å². The van der Waals surface area contributed by atoms with Crippen LogP contribution < -0.4 is 10.6 Å². The van der Waals surface area contributed by atoms with Gasteiger partial charge in [-0.15, -0.1) is 0 Å². The number of nitrogens with one attached hydrogen (secondary N) is 2. The third-order valence-electron chi connectivity index (χ3n) is 3.72. The van der Waals surface area contributed by atoms with Crippen molar-refractivity contribution >= 4 is 17.6 Å². The Bertz CT molecular complexity index is 676. The maximum Gasteiger partial charge on any atom is 0.340 e. The second kappa shape index (κ2) is 7.11. The lowest BCUT2D eigenvalue weighted by atomic mass is 10.1. The van der Waals surface area contributed by atoms with Gasteiger partial charge in [0.15, 0.2) is 5.76 Å². The third kappa shape index (κ3) is 3.78. The number of hydrogen-bond acceptors (Lipinski definition) is 5. The van der Waals surface area contributed by atoms with Crippen molar-refractivity contribution in [2.45, 2.75) is 18.9 Å². The monoisotopic (exact) mass is 314 g/mol. The van der Waals surface area contributed by atoms with E-state index >= 15 is 0 Å². The summed E-state index contributed by atoms with van der Waals surface area (Å²) >= 11 is 0. The van der Waals surface area contributed by atoms with E-state index in [0.29, 0.717) is 17.9 Å². The van der Waals surface area contributed by atoms with Crippen LogP contribution in [0.15, 0.2) is 47.1 Å². The molecule has 0 unspecified atom stereocenters. The average Bonchev–Trinajstić information content (AvgIpc) is 3.26. The lowest BCUT2D eigenvalue weighted by molar-refractivity contribution is 0.0474. The molecule has 0 spiro atoms. The van der Waals surface area contributed by atoms with Crippen LogP contribution in [-0.4, -0.2) is 31.1 Å². The van der Waals surface area contributed by atoms with Crippen LogP contribution in [-0.2, 0) is 4.74 Å². The fourth-order valence-electron chi connectivity index (χ4n) is 2.51. The van der Waals surface area contributed by atoms with Gasteiger partial charge in [-0.2, -0.15) is 0 Å². The van der Waals surface area contributed by atoms with Gasteiger partial charge in [-0.3, -0.25) is 4.79 Å². The molecule has 1 aliphatic heterocycles. The molecule has 1 fully saturated rings. The van der Waals surface area contributed by atoms with Gasteiger partial charge in [0.2, 0.25) is 0 Å². The van der Waals surface area contributed by atoms with Crippen molar-refractivity contribution in [3.63, 3.8) is 0 Å².